The fourth-order valence-corrected chi connectivity index (χ4v) is 1.51. The van der Waals surface area contributed by atoms with Crippen LogP contribution in [0.15, 0.2) is 18.2 Å². The molecule has 0 aliphatic carbocycles. The highest BCUT2D eigenvalue weighted by atomic mass is 16.5. The number of carbonyl (C=O) groups is 1. The SMILES string of the molecule is CC(=O)OCc1ccc2c(c1)OCC2O. The molecule has 1 atom stereocenters. The average molecular weight is 208 g/mol. The molecule has 0 saturated carbocycles. The molecular formula is C11H12O4. The maximum atomic E-state index is 10.6. The largest absolute Gasteiger partial charge is 0.490 e. The third-order valence-electron chi connectivity index (χ3n) is 2.28. The maximum absolute atomic E-state index is 10.6. The molecule has 0 saturated heterocycles. The second-order valence-corrected chi connectivity index (χ2v) is 3.48. The molecule has 1 aliphatic heterocycles. The Balaban J connectivity index is 2.12. The number of esters is 1. The minimum absolute atomic E-state index is 0.238. The van der Waals surface area contributed by atoms with Crippen molar-refractivity contribution in [2.75, 3.05) is 6.61 Å². The van der Waals surface area contributed by atoms with Crippen LogP contribution in [0.2, 0.25) is 0 Å². The molecule has 1 aromatic carbocycles. The zero-order valence-electron chi connectivity index (χ0n) is 8.40. The number of rotatable bonds is 2. The molecule has 15 heavy (non-hydrogen) atoms. The number of fused-ring (bicyclic) bond motifs is 1. The van der Waals surface area contributed by atoms with E-state index in [1.165, 1.54) is 6.92 Å². The van der Waals surface area contributed by atoms with Crippen LogP contribution in [0.4, 0.5) is 0 Å². The lowest BCUT2D eigenvalue weighted by Crippen LogP contribution is -1.99. The Labute approximate surface area is 87.4 Å². The minimum atomic E-state index is -0.539. The molecule has 0 radical (unpaired) electrons. The van der Waals surface area contributed by atoms with E-state index in [0.717, 1.165) is 11.1 Å². The van der Waals surface area contributed by atoms with Crippen molar-refractivity contribution in [3.63, 3.8) is 0 Å². The van der Waals surface area contributed by atoms with E-state index < -0.39 is 6.10 Å². The van der Waals surface area contributed by atoms with Gasteiger partial charge in [-0.3, -0.25) is 4.79 Å². The first-order valence-corrected chi connectivity index (χ1v) is 4.74. The smallest absolute Gasteiger partial charge is 0.302 e. The number of aliphatic hydroxyl groups excluding tert-OH is 1. The molecule has 1 aliphatic rings. The first-order valence-electron chi connectivity index (χ1n) is 4.74. The highest BCUT2D eigenvalue weighted by Crippen LogP contribution is 2.32. The van der Waals surface area contributed by atoms with E-state index in [-0.39, 0.29) is 12.6 Å². The standard InChI is InChI=1S/C11H12O4/c1-7(12)14-5-8-2-3-9-10(13)6-15-11(9)4-8/h2-4,10,13H,5-6H2,1H3. The first kappa shape index (κ1) is 9.98. The van der Waals surface area contributed by atoms with Crippen molar-refractivity contribution in [2.24, 2.45) is 0 Å². The van der Waals surface area contributed by atoms with Crippen molar-refractivity contribution in [3.05, 3.63) is 29.3 Å². The Hall–Kier alpha value is -1.55. The van der Waals surface area contributed by atoms with E-state index in [1.807, 2.05) is 6.07 Å². The van der Waals surface area contributed by atoms with Crippen molar-refractivity contribution in [2.45, 2.75) is 19.6 Å². The van der Waals surface area contributed by atoms with Gasteiger partial charge < -0.3 is 14.6 Å². The summed E-state index contributed by atoms with van der Waals surface area (Å²) in [6.45, 7) is 1.90. The summed E-state index contributed by atoms with van der Waals surface area (Å²) < 4.78 is 10.1. The second kappa shape index (κ2) is 3.90. The fourth-order valence-electron chi connectivity index (χ4n) is 1.51. The predicted octanol–water partition coefficient (Wildman–Crippen LogP) is 1.18. The molecule has 1 N–H and O–H groups in total. The lowest BCUT2D eigenvalue weighted by atomic mass is 10.1. The van der Waals surface area contributed by atoms with E-state index in [1.54, 1.807) is 12.1 Å². The van der Waals surface area contributed by atoms with E-state index >= 15 is 0 Å². The Bertz CT molecular complexity index is 386. The summed E-state index contributed by atoms with van der Waals surface area (Å²) in [4.78, 5) is 10.6. The van der Waals surface area contributed by atoms with Crippen LogP contribution in [-0.2, 0) is 16.1 Å². The quantitative estimate of drug-likeness (QED) is 0.741. The molecular weight excluding hydrogens is 196 g/mol. The Morgan fingerprint density at radius 3 is 3.20 bits per heavy atom. The van der Waals surface area contributed by atoms with E-state index in [2.05, 4.69) is 0 Å². The third kappa shape index (κ3) is 2.10. The summed E-state index contributed by atoms with van der Waals surface area (Å²) in [6.07, 6.45) is -0.539. The maximum Gasteiger partial charge on any atom is 0.302 e. The number of hydrogen-bond acceptors (Lipinski definition) is 4. The van der Waals surface area contributed by atoms with Crippen LogP contribution in [0.1, 0.15) is 24.2 Å². The number of aliphatic hydroxyl groups is 1. The van der Waals surface area contributed by atoms with Crippen LogP contribution in [0.25, 0.3) is 0 Å². The minimum Gasteiger partial charge on any atom is -0.490 e. The van der Waals surface area contributed by atoms with Crippen LogP contribution in [0, 0.1) is 0 Å². The molecule has 1 heterocycles. The molecule has 0 bridgehead atoms. The summed E-state index contributed by atoms with van der Waals surface area (Å²) in [5.74, 6) is 0.364. The van der Waals surface area contributed by atoms with Crippen molar-refractivity contribution >= 4 is 5.97 Å². The zero-order chi connectivity index (χ0) is 10.8. The molecule has 0 aromatic heterocycles. The molecule has 0 spiro atoms. The predicted molar refractivity (Wildman–Crippen MR) is 52.4 cm³/mol. The van der Waals surface area contributed by atoms with E-state index in [4.69, 9.17) is 9.47 Å². The summed E-state index contributed by atoms with van der Waals surface area (Å²) in [5.41, 5.74) is 1.65. The number of hydrogen-bond donors (Lipinski definition) is 1. The van der Waals surface area contributed by atoms with Gasteiger partial charge in [-0.2, -0.15) is 0 Å². The van der Waals surface area contributed by atoms with Gasteiger partial charge in [0, 0.05) is 12.5 Å². The van der Waals surface area contributed by atoms with Crippen molar-refractivity contribution < 1.29 is 19.4 Å². The molecule has 2 rings (SSSR count). The van der Waals surface area contributed by atoms with Gasteiger partial charge >= 0.3 is 5.97 Å². The highest BCUT2D eigenvalue weighted by Gasteiger charge is 2.21. The molecule has 0 amide bonds. The Morgan fingerprint density at radius 2 is 2.47 bits per heavy atom. The highest BCUT2D eigenvalue weighted by molar-refractivity contribution is 5.65. The van der Waals surface area contributed by atoms with Crippen molar-refractivity contribution in [1.29, 1.82) is 0 Å². The third-order valence-corrected chi connectivity index (χ3v) is 2.28. The normalized spacial score (nSPS) is 18.1. The van der Waals surface area contributed by atoms with Gasteiger partial charge in [0.25, 0.3) is 0 Å². The van der Waals surface area contributed by atoms with Gasteiger partial charge in [-0.25, -0.2) is 0 Å². The van der Waals surface area contributed by atoms with Crippen LogP contribution in [-0.4, -0.2) is 17.7 Å². The fraction of sp³-hybridized carbons (Fsp3) is 0.364. The molecule has 80 valence electrons. The zero-order valence-corrected chi connectivity index (χ0v) is 8.40. The molecule has 1 unspecified atom stereocenters. The van der Waals surface area contributed by atoms with Gasteiger partial charge in [0.05, 0.1) is 0 Å². The van der Waals surface area contributed by atoms with Gasteiger partial charge in [0.15, 0.2) is 0 Å². The topological polar surface area (TPSA) is 55.8 Å². The van der Waals surface area contributed by atoms with Crippen LogP contribution in [0.5, 0.6) is 5.75 Å². The molecule has 0 fully saturated rings. The summed E-state index contributed by atoms with van der Waals surface area (Å²) >= 11 is 0. The van der Waals surface area contributed by atoms with E-state index in [0.29, 0.717) is 12.4 Å². The van der Waals surface area contributed by atoms with Crippen molar-refractivity contribution in [3.8, 4) is 5.75 Å². The van der Waals surface area contributed by atoms with Gasteiger partial charge in [0.1, 0.15) is 25.1 Å². The lowest BCUT2D eigenvalue weighted by Gasteiger charge is -2.04. The van der Waals surface area contributed by atoms with Crippen LogP contribution >= 0.6 is 0 Å². The molecule has 1 aromatic rings. The first-order chi connectivity index (χ1) is 7.16. The average Bonchev–Trinajstić information content (AvgIpc) is 2.57. The van der Waals surface area contributed by atoms with Gasteiger partial charge in [-0.05, 0) is 11.6 Å². The number of ether oxygens (including phenoxy) is 2. The monoisotopic (exact) mass is 208 g/mol. The van der Waals surface area contributed by atoms with E-state index in [9.17, 15) is 9.90 Å². The molecule has 4 heteroatoms. The Kier molecular flexibility index (Phi) is 2.60. The van der Waals surface area contributed by atoms with Crippen LogP contribution < -0.4 is 4.74 Å². The van der Waals surface area contributed by atoms with Crippen molar-refractivity contribution in [1.82, 2.24) is 0 Å². The summed E-state index contributed by atoms with van der Waals surface area (Å²) in [7, 11) is 0. The summed E-state index contributed by atoms with van der Waals surface area (Å²) in [6, 6.07) is 5.40. The van der Waals surface area contributed by atoms with Gasteiger partial charge in [-0.1, -0.05) is 12.1 Å². The summed E-state index contributed by atoms with van der Waals surface area (Å²) in [5, 5.41) is 9.48. The lowest BCUT2D eigenvalue weighted by molar-refractivity contribution is -0.142. The van der Waals surface area contributed by atoms with Gasteiger partial charge in [0.2, 0.25) is 0 Å². The van der Waals surface area contributed by atoms with Gasteiger partial charge in [-0.15, -0.1) is 0 Å². The second-order valence-electron chi connectivity index (χ2n) is 3.48. The Morgan fingerprint density at radius 1 is 1.67 bits per heavy atom. The number of carbonyl (C=O) groups excluding carboxylic acids is 1. The molecule has 4 nitrogen and oxygen atoms in total. The number of benzene rings is 1. The van der Waals surface area contributed by atoms with Crippen LogP contribution in [0.3, 0.4) is 0 Å².